The number of hydrogen-bond donors (Lipinski definition) is 2. The lowest BCUT2D eigenvalue weighted by Gasteiger charge is -2.48. The fraction of sp³-hybridized carbons (Fsp3) is 0.682. The molecule has 1 aromatic rings. The third-order valence-electron chi connectivity index (χ3n) is 7.28. The molecular weight excluding hydrogens is 324 g/mol. The zero-order valence-electron chi connectivity index (χ0n) is 16.1. The van der Waals surface area contributed by atoms with Gasteiger partial charge in [-0.1, -0.05) is 25.0 Å². The molecule has 3 aliphatic carbocycles. The molecule has 3 aliphatic rings. The predicted molar refractivity (Wildman–Crippen MR) is 103 cm³/mol. The topological polar surface area (TPSA) is 64.3 Å². The number of amides is 1. The van der Waals surface area contributed by atoms with Crippen molar-refractivity contribution < 1.29 is 9.53 Å². The highest BCUT2D eigenvalue weighted by Gasteiger charge is 2.48. The Morgan fingerprint density at radius 3 is 2.46 bits per heavy atom. The van der Waals surface area contributed by atoms with Gasteiger partial charge >= 0.3 is 0 Å². The summed E-state index contributed by atoms with van der Waals surface area (Å²) in [6, 6.07) is 6.91. The van der Waals surface area contributed by atoms with Gasteiger partial charge in [0.05, 0.1) is 12.5 Å². The summed E-state index contributed by atoms with van der Waals surface area (Å²) < 4.78 is 5.51. The van der Waals surface area contributed by atoms with Crippen molar-refractivity contribution in [3.05, 3.63) is 29.3 Å². The molecule has 0 radical (unpaired) electrons. The average molecular weight is 357 g/mol. The molecule has 0 heterocycles. The van der Waals surface area contributed by atoms with Gasteiger partial charge in [-0.3, -0.25) is 4.79 Å². The van der Waals surface area contributed by atoms with E-state index in [0.29, 0.717) is 23.9 Å². The number of aryl methyl sites for hydroxylation is 1. The average Bonchev–Trinajstić information content (AvgIpc) is 2.56. The minimum absolute atomic E-state index is 0.229. The lowest BCUT2D eigenvalue weighted by Crippen LogP contribution is -2.59. The first-order chi connectivity index (χ1) is 12.5. The number of nitrogens with two attached hydrogens (primary N) is 1. The summed E-state index contributed by atoms with van der Waals surface area (Å²) in [7, 11) is 1.70. The first kappa shape index (κ1) is 17.8. The third kappa shape index (κ3) is 2.92. The number of nitrogens with one attached hydrogen (secondary N) is 1. The zero-order chi connectivity index (χ0) is 18.3. The van der Waals surface area contributed by atoms with E-state index in [2.05, 4.69) is 23.5 Å². The molecule has 1 amide bonds. The molecule has 4 nitrogen and oxygen atoms in total. The van der Waals surface area contributed by atoms with E-state index >= 15 is 0 Å². The Bertz CT molecular complexity index is 669. The van der Waals surface area contributed by atoms with Crippen LogP contribution in [-0.4, -0.2) is 25.1 Å². The Labute approximate surface area is 156 Å². The summed E-state index contributed by atoms with van der Waals surface area (Å²) in [5.74, 6) is 2.23. The van der Waals surface area contributed by atoms with Crippen LogP contribution in [-0.2, 0) is 10.2 Å². The van der Waals surface area contributed by atoms with Gasteiger partial charge in [-0.2, -0.15) is 0 Å². The van der Waals surface area contributed by atoms with Gasteiger partial charge in [0.1, 0.15) is 5.75 Å². The van der Waals surface area contributed by atoms with E-state index < -0.39 is 0 Å². The Hall–Kier alpha value is -1.55. The second kappa shape index (κ2) is 6.88. The normalized spacial score (nSPS) is 32.4. The van der Waals surface area contributed by atoms with Crippen molar-refractivity contribution in [1.82, 2.24) is 5.32 Å². The number of carbonyl (C=O) groups is 1. The lowest BCUT2D eigenvalue weighted by atomic mass is 9.62. The van der Waals surface area contributed by atoms with E-state index in [1.54, 1.807) is 7.11 Å². The Morgan fingerprint density at radius 1 is 1.19 bits per heavy atom. The van der Waals surface area contributed by atoms with Crippen LogP contribution in [0.15, 0.2) is 18.2 Å². The summed E-state index contributed by atoms with van der Waals surface area (Å²) in [6.07, 6.45) is 8.82. The standard InChI is InChI=1S/C22H32N2O2/c1-14-7-8-17(13-19(14)26-2)22(9-4-10-22)21(25)24-20-15-5-3-6-16(20)12-18(23)11-15/h7-8,13,15-16,18,20H,3-6,9-12,23H2,1-2H3,(H,24,25). The predicted octanol–water partition coefficient (Wildman–Crippen LogP) is 3.45. The number of benzene rings is 1. The van der Waals surface area contributed by atoms with Gasteiger partial charge in [0.15, 0.2) is 0 Å². The van der Waals surface area contributed by atoms with E-state index in [1.165, 1.54) is 19.3 Å². The summed E-state index contributed by atoms with van der Waals surface area (Å²) in [5.41, 5.74) is 8.11. The van der Waals surface area contributed by atoms with E-state index in [9.17, 15) is 4.79 Å². The summed E-state index contributed by atoms with van der Waals surface area (Å²) in [4.78, 5) is 13.4. The Kier molecular flexibility index (Phi) is 4.72. The third-order valence-corrected chi connectivity index (χ3v) is 7.28. The maximum Gasteiger partial charge on any atom is 0.230 e. The molecule has 1 aromatic carbocycles. The molecule has 0 saturated heterocycles. The monoisotopic (exact) mass is 356 g/mol. The van der Waals surface area contributed by atoms with Crippen LogP contribution in [0.1, 0.15) is 62.5 Å². The molecule has 0 aromatic heterocycles. The van der Waals surface area contributed by atoms with Crippen molar-refractivity contribution in [3.8, 4) is 5.75 Å². The fourth-order valence-electron chi connectivity index (χ4n) is 5.61. The molecular formula is C22H32N2O2. The Morgan fingerprint density at radius 2 is 1.88 bits per heavy atom. The zero-order valence-corrected chi connectivity index (χ0v) is 16.1. The first-order valence-corrected chi connectivity index (χ1v) is 10.2. The molecule has 3 saturated carbocycles. The minimum atomic E-state index is -0.366. The number of fused-ring (bicyclic) bond motifs is 2. The van der Waals surface area contributed by atoms with Crippen molar-refractivity contribution in [2.75, 3.05) is 7.11 Å². The minimum Gasteiger partial charge on any atom is -0.496 e. The second-order valence-electron chi connectivity index (χ2n) is 8.80. The highest BCUT2D eigenvalue weighted by Crippen LogP contribution is 2.46. The van der Waals surface area contributed by atoms with Gasteiger partial charge in [0.25, 0.3) is 0 Å². The SMILES string of the molecule is COc1cc(C2(C(=O)NC3C4CCCC3CC(N)C4)CCC2)ccc1C. The van der Waals surface area contributed by atoms with Gasteiger partial charge in [0, 0.05) is 12.1 Å². The van der Waals surface area contributed by atoms with Gasteiger partial charge in [-0.25, -0.2) is 0 Å². The molecule has 3 fully saturated rings. The fourth-order valence-corrected chi connectivity index (χ4v) is 5.61. The van der Waals surface area contributed by atoms with Crippen LogP contribution in [0.5, 0.6) is 5.75 Å². The summed E-state index contributed by atoms with van der Waals surface area (Å²) in [5, 5.41) is 3.50. The number of rotatable bonds is 4. The van der Waals surface area contributed by atoms with Crippen molar-refractivity contribution in [2.45, 2.75) is 75.8 Å². The van der Waals surface area contributed by atoms with Gasteiger partial charge in [-0.05, 0) is 74.5 Å². The van der Waals surface area contributed by atoms with Crippen molar-refractivity contribution in [2.24, 2.45) is 17.6 Å². The van der Waals surface area contributed by atoms with Crippen LogP contribution < -0.4 is 15.8 Å². The van der Waals surface area contributed by atoms with Crippen molar-refractivity contribution in [1.29, 1.82) is 0 Å². The molecule has 4 heteroatoms. The van der Waals surface area contributed by atoms with Gasteiger partial charge < -0.3 is 15.8 Å². The van der Waals surface area contributed by atoms with E-state index in [4.69, 9.17) is 10.5 Å². The lowest BCUT2D eigenvalue weighted by molar-refractivity contribution is -0.132. The van der Waals surface area contributed by atoms with Crippen LogP contribution in [0.25, 0.3) is 0 Å². The molecule has 2 bridgehead atoms. The molecule has 3 N–H and O–H groups in total. The number of hydrogen-bond acceptors (Lipinski definition) is 3. The van der Waals surface area contributed by atoms with Gasteiger partial charge in [0.2, 0.25) is 5.91 Å². The van der Waals surface area contributed by atoms with Crippen LogP contribution in [0, 0.1) is 18.8 Å². The van der Waals surface area contributed by atoms with E-state index in [-0.39, 0.29) is 11.3 Å². The highest BCUT2D eigenvalue weighted by atomic mass is 16.5. The first-order valence-electron chi connectivity index (χ1n) is 10.2. The van der Waals surface area contributed by atoms with Crippen LogP contribution in [0.3, 0.4) is 0 Å². The van der Waals surface area contributed by atoms with Crippen LogP contribution in [0.2, 0.25) is 0 Å². The van der Waals surface area contributed by atoms with Crippen molar-refractivity contribution in [3.63, 3.8) is 0 Å². The summed E-state index contributed by atoms with van der Waals surface area (Å²) >= 11 is 0. The molecule has 2 unspecified atom stereocenters. The maximum atomic E-state index is 13.4. The molecule has 142 valence electrons. The second-order valence-corrected chi connectivity index (χ2v) is 8.80. The van der Waals surface area contributed by atoms with Crippen LogP contribution in [0.4, 0.5) is 0 Å². The molecule has 4 rings (SSSR count). The smallest absolute Gasteiger partial charge is 0.230 e. The summed E-state index contributed by atoms with van der Waals surface area (Å²) in [6.45, 7) is 2.04. The number of ether oxygens (including phenoxy) is 1. The van der Waals surface area contributed by atoms with E-state index in [1.807, 2.05) is 6.92 Å². The maximum absolute atomic E-state index is 13.4. The van der Waals surface area contributed by atoms with Crippen LogP contribution >= 0.6 is 0 Å². The van der Waals surface area contributed by atoms with E-state index in [0.717, 1.165) is 49.0 Å². The van der Waals surface area contributed by atoms with Gasteiger partial charge in [-0.15, -0.1) is 0 Å². The van der Waals surface area contributed by atoms with Crippen molar-refractivity contribution >= 4 is 5.91 Å². The quantitative estimate of drug-likeness (QED) is 0.868. The molecule has 0 spiro atoms. The molecule has 2 atom stereocenters. The Balaban J connectivity index is 1.56. The number of methoxy groups -OCH3 is 1. The highest BCUT2D eigenvalue weighted by molar-refractivity contribution is 5.89. The molecule has 26 heavy (non-hydrogen) atoms. The molecule has 0 aliphatic heterocycles. The largest absolute Gasteiger partial charge is 0.496 e. The number of carbonyl (C=O) groups excluding carboxylic acids is 1.